The van der Waals surface area contributed by atoms with Gasteiger partial charge in [-0.1, -0.05) is 12.2 Å². The van der Waals surface area contributed by atoms with E-state index >= 15 is 0 Å². The van der Waals surface area contributed by atoms with Crippen LogP contribution in [-0.2, 0) is 6.54 Å². The fourth-order valence-corrected chi connectivity index (χ4v) is 1.88. The van der Waals surface area contributed by atoms with Gasteiger partial charge in [0.2, 0.25) is 0 Å². The summed E-state index contributed by atoms with van der Waals surface area (Å²) in [6.07, 6.45) is 0. The molecule has 0 unspecified atom stereocenters. The molecular weight excluding hydrogens is 251 g/mol. The minimum absolute atomic E-state index is 0.0790. The van der Waals surface area contributed by atoms with Crippen LogP contribution in [0.1, 0.15) is 25.0 Å². The molecular formula is C13H19FN2OS. The number of benzene rings is 1. The van der Waals surface area contributed by atoms with Crippen LogP contribution in [0.25, 0.3) is 0 Å². The van der Waals surface area contributed by atoms with Crippen molar-refractivity contribution in [1.29, 1.82) is 0 Å². The molecule has 0 radical (unpaired) electrons. The van der Waals surface area contributed by atoms with Gasteiger partial charge in [-0.3, -0.25) is 4.90 Å². The van der Waals surface area contributed by atoms with Crippen molar-refractivity contribution >= 4 is 17.2 Å². The minimum atomic E-state index is -0.344. The Labute approximate surface area is 112 Å². The third-order valence-electron chi connectivity index (χ3n) is 2.75. The molecule has 18 heavy (non-hydrogen) atoms. The summed E-state index contributed by atoms with van der Waals surface area (Å²) in [7, 11) is 0. The zero-order chi connectivity index (χ0) is 13.7. The van der Waals surface area contributed by atoms with Crippen molar-refractivity contribution in [1.82, 2.24) is 4.90 Å². The third-order valence-corrected chi connectivity index (χ3v) is 2.98. The van der Waals surface area contributed by atoms with Crippen LogP contribution >= 0.6 is 12.2 Å². The molecule has 0 aliphatic heterocycles. The van der Waals surface area contributed by atoms with Crippen LogP contribution in [-0.4, -0.2) is 34.2 Å². The molecule has 100 valence electrons. The van der Waals surface area contributed by atoms with E-state index in [1.807, 2.05) is 13.8 Å². The zero-order valence-corrected chi connectivity index (χ0v) is 11.5. The molecule has 0 amide bonds. The van der Waals surface area contributed by atoms with Gasteiger partial charge >= 0.3 is 0 Å². The Kier molecular flexibility index (Phi) is 5.65. The number of nitrogens with zero attached hydrogens (tertiary/aromatic N) is 1. The van der Waals surface area contributed by atoms with Gasteiger partial charge in [-0.15, -0.1) is 0 Å². The molecule has 0 spiro atoms. The largest absolute Gasteiger partial charge is 0.395 e. The van der Waals surface area contributed by atoms with Crippen molar-refractivity contribution in [3.63, 3.8) is 0 Å². The number of hydrogen-bond acceptors (Lipinski definition) is 3. The van der Waals surface area contributed by atoms with E-state index in [0.29, 0.717) is 18.7 Å². The molecule has 0 aliphatic rings. The van der Waals surface area contributed by atoms with E-state index < -0.39 is 0 Å². The molecule has 0 fully saturated rings. The Morgan fingerprint density at radius 1 is 1.44 bits per heavy atom. The molecule has 1 rings (SSSR count). The van der Waals surface area contributed by atoms with Gasteiger partial charge in [-0.25, -0.2) is 4.39 Å². The topological polar surface area (TPSA) is 49.5 Å². The van der Waals surface area contributed by atoms with Gasteiger partial charge in [0, 0.05) is 24.7 Å². The summed E-state index contributed by atoms with van der Waals surface area (Å²) in [6.45, 7) is 5.25. The van der Waals surface area contributed by atoms with Crippen LogP contribution in [0.5, 0.6) is 0 Å². The van der Waals surface area contributed by atoms with E-state index in [4.69, 9.17) is 23.1 Å². The smallest absolute Gasteiger partial charge is 0.124 e. The number of nitrogens with two attached hydrogens (primary N) is 1. The average molecular weight is 270 g/mol. The second-order valence-electron chi connectivity index (χ2n) is 4.50. The van der Waals surface area contributed by atoms with Crippen LogP contribution in [0, 0.1) is 5.82 Å². The van der Waals surface area contributed by atoms with Gasteiger partial charge in [0.25, 0.3) is 0 Å². The number of rotatable bonds is 6. The fourth-order valence-electron chi connectivity index (χ4n) is 1.77. The highest BCUT2D eigenvalue weighted by Crippen LogP contribution is 2.13. The lowest BCUT2D eigenvalue weighted by molar-refractivity contribution is 0.159. The first-order valence-electron chi connectivity index (χ1n) is 5.88. The van der Waals surface area contributed by atoms with Gasteiger partial charge in [0.1, 0.15) is 10.8 Å². The average Bonchev–Trinajstić information content (AvgIpc) is 2.27. The van der Waals surface area contributed by atoms with Gasteiger partial charge in [-0.2, -0.15) is 0 Å². The lowest BCUT2D eigenvalue weighted by atomic mass is 10.1. The fraction of sp³-hybridized carbons (Fsp3) is 0.462. The summed E-state index contributed by atoms with van der Waals surface area (Å²) in [6, 6.07) is 4.86. The summed E-state index contributed by atoms with van der Waals surface area (Å²) in [4.78, 5) is 2.24. The molecule has 0 aromatic heterocycles. The Bertz CT molecular complexity index is 423. The van der Waals surface area contributed by atoms with Crippen molar-refractivity contribution in [3.05, 3.63) is 35.1 Å². The number of thiocarbonyl (C=S) groups is 1. The number of hydrogen-bond donors (Lipinski definition) is 2. The molecule has 0 heterocycles. The molecule has 0 saturated heterocycles. The normalized spacial score (nSPS) is 11.2. The van der Waals surface area contributed by atoms with Crippen LogP contribution in [0.2, 0.25) is 0 Å². The standard InChI is InChI=1S/C13H19FN2OS/c1-9(2)16(3-4-17)8-10-5-11(13(15)18)7-12(14)6-10/h5-7,9,17H,3-4,8H2,1-2H3,(H2,15,18). The maximum Gasteiger partial charge on any atom is 0.124 e. The molecule has 1 aromatic carbocycles. The van der Waals surface area contributed by atoms with Crippen LogP contribution in [0.3, 0.4) is 0 Å². The molecule has 3 nitrogen and oxygen atoms in total. The van der Waals surface area contributed by atoms with E-state index in [2.05, 4.69) is 4.90 Å². The van der Waals surface area contributed by atoms with Gasteiger partial charge in [0.05, 0.1) is 6.61 Å². The molecule has 0 saturated carbocycles. The van der Waals surface area contributed by atoms with Crippen molar-refractivity contribution < 1.29 is 9.50 Å². The van der Waals surface area contributed by atoms with E-state index in [0.717, 1.165) is 5.56 Å². The highest BCUT2D eigenvalue weighted by Gasteiger charge is 2.11. The van der Waals surface area contributed by atoms with E-state index in [-0.39, 0.29) is 23.5 Å². The van der Waals surface area contributed by atoms with E-state index in [1.54, 1.807) is 6.07 Å². The third kappa shape index (κ3) is 4.33. The van der Waals surface area contributed by atoms with Crippen molar-refractivity contribution in [3.8, 4) is 0 Å². The highest BCUT2D eigenvalue weighted by molar-refractivity contribution is 7.80. The Morgan fingerprint density at radius 3 is 2.61 bits per heavy atom. The first-order chi connectivity index (χ1) is 8.43. The van der Waals surface area contributed by atoms with Gasteiger partial charge in [-0.05, 0) is 37.6 Å². The summed E-state index contributed by atoms with van der Waals surface area (Å²) in [5.41, 5.74) is 6.85. The minimum Gasteiger partial charge on any atom is -0.395 e. The van der Waals surface area contributed by atoms with Gasteiger partial charge in [0.15, 0.2) is 0 Å². The number of aliphatic hydroxyl groups is 1. The van der Waals surface area contributed by atoms with E-state index in [1.165, 1.54) is 12.1 Å². The van der Waals surface area contributed by atoms with Crippen molar-refractivity contribution in [2.75, 3.05) is 13.2 Å². The molecule has 0 aliphatic carbocycles. The summed E-state index contributed by atoms with van der Waals surface area (Å²) in [5, 5.41) is 9.00. The Balaban J connectivity index is 2.91. The molecule has 0 atom stereocenters. The molecule has 5 heteroatoms. The van der Waals surface area contributed by atoms with Crippen molar-refractivity contribution in [2.45, 2.75) is 26.4 Å². The molecule has 0 bridgehead atoms. The maximum absolute atomic E-state index is 13.4. The number of aliphatic hydroxyl groups excluding tert-OH is 1. The lowest BCUT2D eigenvalue weighted by Crippen LogP contribution is -2.33. The molecule has 1 aromatic rings. The predicted octanol–water partition coefficient (Wildman–Crippen LogP) is 1.66. The maximum atomic E-state index is 13.4. The second-order valence-corrected chi connectivity index (χ2v) is 4.94. The van der Waals surface area contributed by atoms with E-state index in [9.17, 15) is 4.39 Å². The second kappa shape index (κ2) is 6.78. The summed E-state index contributed by atoms with van der Waals surface area (Å²) in [5.74, 6) is -0.344. The summed E-state index contributed by atoms with van der Waals surface area (Å²) >= 11 is 4.86. The quantitative estimate of drug-likeness (QED) is 0.772. The number of halogens is 1. The predicted molar refractivity (Wildman–Crippen MR) is 74.9 cm³/mol. The summed E-state index contributed by atoms with van der Waals surface area (Å²) < 4.78 is 13.4. The Hall–Kier alpha value is -1.04. The zero-order valence-electron chi connectivity index (χ0n) is 10.7. The van der Waals surface area contributed by atoms with Crippen molar-refractivity contribution in [2.24, 2.45) is 5.73 Å². The first-order valence-corrected chi connectivity index (χ1v) is 6.29. The molecule has 3 N–H and O–H groups in total. The monoisotopic (exact) mass is 270 g/mol. The van der Waals surface area contributed by atoms with Crippen LogP contribution in [0.15, 0.2) is 18.2 Å². The first kappa shape index (κ1) is 15.0. The lowest BCUT2D eigenvalue weighted by Gasteiger charge is -2.25. The Morgan fingerprint density at radius 2 is 2.11 bits per heavy atom. The van der Waals surface area contributed by atoms with Crippen LogP contribution < -0.4 is 5.73 Å². The SMILES string of the molecule is CC(C)N(CCO)Cc1cc(F)cc(C(N)=S)c1. The van der Waals surface area contributed by atoms with Crippen LogP contribution in [0.4, 0.5) is 4.39 Å². The highest BCUT2D eigenvalue weighted by atomic mass is 32.1. The van der Waals surface area contributed by atoms with Gasteiger partial charge < -0.3 is 10.8 Å².